The molecule has 3 rings (SSSR count). The van der Waals surface area contributed by atoms with Gasteiger partial charge < -0.3 is 15.0 Å². The van der Waals surface area contributed by atoms with E-state index >= 15 is 0 Å². The number of halogens is 1. The fourth-order valence-corrected chi connectivity index (χ4v) is 6.45. The van der Waals surface area contributed by atoms with Gasteiger partial charge in [0.15, 0.2) is 0 Å². The molecule has 0 spiro atoms. The van der Waals surface area contributed by atoms with E-state index in [4.69, 9.17) is 16.3 Å². The summed E-state index contributed by atoms with van der Waals surface area (Å²) in [5.41, 5.74) is 0.941. The number of carbonyl (C=O) groups is 2. The third-order valence-electron chi connectivity index (χ3n) is 6.73. The van der Waals surface area contributed by atoms with Gasteiger partial charge in [-0.25, -0.2) is 8.42 Å². The Morgan fingerprint density at radius 3 is 2.19 bits per heavy atom. The van der Waals surface area contributed by atoms with Crippen molar-refractivity contribution in [2.75, 3.05) is 30.3 Å². The van der Waals surface area contributed by atoms with E-state index in [0.717, 1.165) is 9.20 Å². The molecule has 3 aromatic carbocycles. The minimum atomic E-state index is -4.18. The molecule has 11 heteroatoms. The molecule has 0 saturated carbocycles. The maximum absolute atomic E-state index is 14.2. The summed E-state index contributed by atoms with van der Waals surface area (Å²) in [5, 5.41) is 3.37. The third kappa shape index (κ3) is 9.14. The van der Waals surface area contributed by atoms with E-state index < -0.39 is 28.5 Å². The maximum Gasteiger partial charge on any atom is 0.264 e. The van der Waals surface area contributed by atoms with Gasteiger partial charge in [-0.1, -0.05) is 50.6 Å². The Morgan fingerprint density at radius 1 is 0.977 bits per heavy atom. The molecular weight excluding hydrogens is 606 g/mol. The lowest BCUT2D eigenvalue weighted by Gasteiger charge is -2.33. The highest BCUT2D eigenvalue weighted by molar-refractivity contribution is 7.98. The lowest BCUT2D eigenvalue weighted by molar-refractivity contribution is -0.140. The Balaban J connectivity index is 2.06. The van der Waals surface area contributed by atoms with Crippen LogP contribution >= 0.6 is 23.4 Å². The van der Waals surface area contributed by atoms with Crippen molar-refractivity contribution in [2.24, 2.45) is 5.92 Å². The van der Waals surface area contributed by atoms with E-state index in [9.17, 15) is 18.0 Å². The first-order chi connectivity index (χ1) is 20.5. The molecule has 1 unspecified atom stereocenters. The smallest absolute Gasteiger partial charge is 0.264 e. The summed E-state index contributed by atoms with van der Waals surface area (Å²) in [5.74, 6) is -0.0520. The molecule has 0 aromatic heterocycles. The second-order valence-corrected chi connectivity index (χ2v) is 13.4. The zero-order chi connectivity index (χ0) is 31.6. The molecule has 0 fully saturated rings. The molecule has 0 bridgehead atoms. The Hall–Kier alpha value is -3.21. The van der Waals surface area contributed by atoms with Gasteiger partial charge in [-0.05, 0) is 85.7 Å². The number of rotatable bonds is 15. The SMILES string of the molecule is CCOc1ccc(N(CC(=O)N(Cc2ccccc2Cl)C(CC)C(=O)NCC(C)C)S(=O)(=O)c2ccc(SC)cc2)cc1. The first-order valence-corrected chi connectivity index (χ1v) is 17.3. The van der Waals surface area contributed by atoms with E-state index in [1.165, 1.54) is 28.8 Å². The fraction of sp³-hybridized carbons (Fsp3) is 0.375. The number of anilines is 1. The van der Waals surface area contributed by atoms with Crippen LogP contribution in [0.1, 0.15) is 39.7 Å². The highest BCUT2D eigenvalue weighted by Gasteiger charge is 2.34. The van der Waals surface area contributed by atoms with Crippen LogP contribution in [0.2, 0.25) is 5.02 Å². The molecule has 3 aromatic rings. The topological polar surface area (TPSA) is 96.0 Å². The summed E-state index contributed by atoms with van der Waals surface area (Å²) in [4.78, 5) is 29.9. The van der Waals surface area contributed by atoms with Crippen LogP contribution in [0.5, 0.6) is 5.75 Å². The fourth-order valence-electron chi connectivity index (χ4n) is 4.43. The van der Waals surface area contributed by atoms with E-state index in [1.807, 2.05) is 34.0 Å². The average molecular weight is 646 g/mol. The molecule has 1 atom stereocenters. The predicted molar refractivity (Wildman–Crippen MR) is 174 cm³/mol. The van der Waals surface area contributed by atoms with Gasteiger partial charge in [0.25, 0.3) is 10.0 Å². The highest BCUT2D eigenvalue weighted by atomic mass is 35.5. The summed E-state index contributed by atoms with van der Waals surface area (Å²) >= 11 is 7.96. The Kier molecular flexibility index (Phi) is 12.8. The van der Waals surface area contributed by atoms with E-state index in [0.29, 0.717) is 41.6 Å². The lowest BCUT2D eigenvalue weighted by atomic mass is 10.1. The minimum Gasteiger partial charge on any atom is -0.494 e. The zero-order valence-corrected chi connectivity index (χ0v) is 27.6. The number of nitrogens with zero attached hydrogens (tertiary/aromatic N) is 2. The summed E-state index contributed by atoms with van der Waals surface area (Å²) in [6.07, 6.45) is 2.23. The number of hydrogen-bond acceptors (Lipinski definition) is 6. The summed E-state index contributed by atoms with van der Waals surface area (Å²) in [6, 6.07) is 19.3. The van der Waals surface area contributed by atoms with Crippen LogP contribution in [0.4, 0.5) is 5.69 Å². The quantitative estimate of drug-likeness (QED) is 0.197. The minimum absolute atomic E-state index is 0.0334. The number of amides is 2. The van der Waals surface area contributed by atoms with Crippen molar-refractivity contribution in [3.05, 3.63) is 83.4 Å². The maximum atomic E-state index is 14.2. The zero-order valence-electron chi connectivity index (χ0n) is 25.2. The van der Waals surface area contributed by atoms with E-state index in [2.05, 4.69) is 5.32 Å². The summed E-state index contributed by atoms with van der Waals surface area (Å²) < 4.78 is 34.8. The van der Waals surface area contributed by atoms with Crippen LogP contribution in [0.25, 0.3) is 0 Å². The Labute approximate surface area is 264 Å². The van der Waals surface area contributed by atoms with Crippen molar-refractivity contribution in [2.45, 2.75) is 56.5 Å². The van der Waals surface area contributed by atoms with Crippen LogP contribution in [-0.4, -0.2) is 57.1 Å². The van der Waals surface area contributed by atoms with Crippen LogP contribution in [0, 0.1) is 5.92 Å². The Morgan fingerprint density at radius 2 is 1.63 bits per heavy atom. The molecule has 1 N–H and O–H groups in total. The van der Waals surface area contributed by atoms with Crippen molar-refractivity contribution < 1.29 is 22.7 Å². The van der Waals surface area contributed by atoms with Crippen molar-refractivity contribution in [3.63, 3.8) is 0 Å². The van der Waals surface area contributed by atoms with Gasteiger partial charge in [-0.2, -0.15) is 0 Å². The van der Waals surface area contributed by atoms with E-state index in [1.54, 1.807) is 60.7 Å². The Bertz CT molecular complexity index is 1470. The lowest BCUT2D eigenvalue weighted by Crippen LogP contribution is -2.52. The predicted octanol–water partition coefficient (Wildman–Crippen LogP) is 6.24. The number of hydrogen-bond donors (Lipinski definition) is 1. The number of carbonyl (C=O) groups excluding carboxylic acids is 2. The molecule has 232 valence electrons. The second kappa shape index (κ2) is 16.0. The first-order valence-electron chi connectivity index (χ1n) is 14.2. The second-order valence-electron chi connectivity index (χ2n) is 10.3. The molecule has 2 amide bonds. The van der Waals surface area contributed by atoms with Crippen LogP contribution in [-0.2, 0) is 26.2 Å². The normalized spacial score (nSPS) is 12.1. The third-order valence-corrected chi connectivity index (χ3v) is 9.63. The highest BCUT2D eigenvalue weighted by Crippen LogP contribution is 2.28. The summed E-state index contributed by atoms with van der Waals surface area (Å²) in [6.45, 7) is 8.05. The number of thioether (sulfide) groups is 1. The molecule has 43 heavy (non-hydrogen) atoms. The van der Waals surface area contributed by atoms with Crippen molar-refractivity contribution in [1.82, 2.24) is 10.2 Å². The van der Waals surface area contributed by atoms with Gasteiger partial charge in [-0.3, -0.25) is 13.9 Å². The van der Waals surface area contributed by atoms with Gasteiger partial charge in [0.05, 0.1) is 17.2 Å². The molecule has 0 aliphatic carbocycles. The van der Waals surface area contributed by atoms with Gasteiger partial charge in [0.1, 0.15) is 18.3 Å². The molecular formula is C32H40ClN3O5S2. The van der Waals surface area contributed by atoms with Gasteiger partial charge in [0, 0.05) is 23.0 Å². The molecule has 0 heterocycles. The monoisotopic (exact) mass is 645 g/mol. The number of benzene rings is 3. The van der Waals surface area contributed by atoms with Gasteiger partial charge in [-0.15, -0.1) is 11.8 Å². The van der Waals surface area contributed by atoms with Crippen LogP contribution in [0.3, 0.4) is 0 Å². The summed E-state index contributed by atoms with van der Waals surface area (Å²) in [7, 11) is -4.18. The van der Waals surface area contributed by atoms with Crippen LogP contribution < -0.4 is 14.4 Å². The van der Waals surface area contributed by atoms with Gasteiger partial charge in [0.2, 0.25) is 11.8 Å². The first kappa shape index (κ1) is 34.3. The van der Waals surface area contributed by atoms with E-state index in [-0.39, 0.29) is 23.3 Å². The number of sulfonamides is 1. The largest absolute Gasteiger partial charge is 0.494 e. The average Bonchev–Trinajstić information content (AvgIpc) is 3.00. The molecule has 0 aliphatic heterocycles. The number of ether oxygens (including phenoxy) is 1. The molecule has 0 saturated heterocycles. The van der Waals surface area contributed by atoms with Gasteiger partial charge >= 0.3 is 0 Å². The number of nitrogens with one attached hydrogen (secondary N) is 1. The molecule has 8 nitrogen and oxygen atoms in total. The van der Waals surface area contributed by atoms with Crippen molar-refractivity contribution in [3.8, 4) is 5.75 Å². The standard InChI is InChI=1S/C32H40ClN3O5S2/c1-6-30(32(38)34-20-23(3)4)35(21-24-10-8-9-11-29(24)33)31(37)22-36(25-12-14-26(15-13-25)41-7-2)43(39,40)28-18-16-27(42-5)17-19-28/h8-19,23,30H,6-7,20-22H2,1-5H3,(H,34,38). The molecule has 0 radical (unpaired) electrons. The van der Waals surface area contributed by atoms with Crippen molar-refractivity contribution in [1.29, 1.82) is 0 Å². The molecule has 0 aliphatic rings. The van der Waals surface area contributed by atoms with Crippen LogP contribution in [0.15, 0.2) is 82.6 Å². The van der Waals surface area contributed by atoms with Crippen molar-refractivity contribution >= 4 is 50.9 Å².